The molecule has 0 radical (unpaired) electrons. The molecule has 6 heteroatoms. The molecule has 2 amide bonds. The fraction of sp³-hybridized carbons (Fsp3) is 0.733. The first kappa shape index (κ1) is 14.4. The molecule has 0 aliphatic carbocycles. The monoisotopic (exact) mass is 292 g/mol. The van der Waals surface area contributed by atoms with E-state index < -0.39 is 0 Å². The van der Waals surface area contributed by atoms with E-state index in [4.69, 9.17) is 4.74 Å². The molecule has 0 N–H and O–H groups in total. The number of hydrogen-bond donors (Lipinski definition) is 0. The van der Waals surface area contributed by atoms with Crippen LogP contribution >= 0.6 is 0 Å². The van der Waals surface area contributed by atoms with Crippen molar-refractivity contribution in [2.45, 2.75) is 45.9 Å². The minimum atomic E-state index is 0.0298. The lowest BCUT2D eigenvalue weighted by molar-refractivity contribution is 0.116. The lowest BCUT2D eigenvalue weighted by Gasteiger charge is -2.36. The van der Waals surface area contributed by atoms with E-state index in [9.17, 15) is 4.79 Å². The number of urea groups is 1. The summed E-state index contributed by atoms with van der Waals surface area (Å²) in [6.07, 6.45) is 4.13. The summed E-state index contributed by atoms with van der Waals surface area (Å²) in [5, 5.41) is 0. The van der Waals surface area contributed by atoms with Gasteiger partial charge < -0.3 is 19.1 Å². The lowest BCUT2D eigenvalue weighted by atomic mass is 10.2. The van der Waals surface area contributed by atoms with Crippen molar-refractivity contribution < 1.29 is 9.53 Å². The molecule has 1 saturated heterocycles. The van der Waals surface area contributed by atoms with E-state index in [0.717, 1.165) is 50.5 Å². The molecule has 0 bridgehead atoms. The van der Waals surface area contributed by atoms with Gasteiger partial charge in [-0.15, -0.1) is 0 Å². The Morgan fingerprint density at radius 2 is 2.10 bits per heavy atom. The number of amides is 2. The third kappa shape index (κ3) is 2.64. The molecule has 1 unspecified atom stereocenters. The average molecular weight is 292 g/mol. The molecule has 0 spiro atoms. The van der Waals surface area contributed by atoms with Crippen molar-refractivity contribution in [3.8, 4) is 0 Å². The number of aromatic nitrogens is 2. The van der Waals surface area contributed by atoms with Crippen LogP contribution in [0, 0.1) is 0 Å². The summed E-state index contributed by atoms with van der Waals surface area (Å²) < 4.78 is 7.69. The Morgan fingerprint density at radius 3 is 2.81 bits per heavy atom. The number of rotatable bonds is 3. The zero-order chi connectivity index (χ0) is 14.8. The van der Waals surface area contributed by atoms with Crippen LogP contribution in [0.15, 0.2) is 6.20 Å². The van der Waals surface area contributed by atoms with E-state index in [-0.39, 0.29) is 12.1 Å². The molecule has 1 aromatic rings. The minimum Gasteiger partial charge on any atom is -0.375 e. The Labute approximate surface area is 125 Å². The van der Waals surface area contributed by atoms with Crippen LogP contribution in [0.5, 0.6) is 0 Å². The van der Waals surface area contributed by atoms with Crippen LogP contribution in [0.3, 0.4) is 0 Å². The van der Waals surface area contributed by atoms with E-state index in [1.54, 1.807) is 0 Å². The fourth-order valence-electron chi connectivity index (χ4n) is 3.23. The second-order valence-electron chi connectivity index (χ2n) is 5.74. The molecule has 0 saturated carbocycles. The van der Waals surface area contributed by atoms with Crippen molar-refractivity contribution in [3.63, 3.8) is 0 Å². The highest BCUT2D eigenvalue weighted by Gasteiger charge is 2.33. The number of fused-ring (bicyclic) bond motifs is 1. The molecule has 116 valence electrons. The van der Waals surface area contributed by atoms with Gasteiger partial charge in [-0.05, 0) is 26.7 Å². The molecule has 1 aromatic heterocycles. The number of imidazole rings is 1. The SMILES string of the molecule is CCOCc1cnc2n1CCN(C(=O)N1CCCC1)C2C. The van der Waals surface area contributed by atoms with Crippen LogP contribution in [0.2, 0.25) is 0 Å². The van der Waals surface area contributed by atoms with Gasteiger partial charge in [0.25, 0.3) is 0 Å². The standard InChI is InChI=1S/C15H24N4O2/c1-3-21-11-13-10-16-14-12(2)18(8-9-19(13)14)15(20)17-6-4-5-7-17/h10,12H,3-9,11H2,1-2H3. The molecule has 1 fully saturated rings. The minimum absolute atomic E-state index is 0.0298. The second-order valence-corrected chi connectivity index (χ2v) is 5.74. The highest BCUT2D eigenvalue weighted by Crippen LogP contribution is 2.27. The van der Waals surface area contributed by atoms with Crippen molar-refractivity contribution in [3.05, 3.63) is 17.7 Å². The van der Waals surface area contributed by atoms with Crippen molar-refractivity contribution in [1.82, 2.24) is 19.4 Å². The molecule has 2 aliphatic rings. The topological polar surface area (TPSA) is 50.6 Å². The zero-order valence-electron chi connectivity index (χ0n) is 12.9. The maximum Gasteiger partial charge on any atom is 0.320 e. The summed E-state index contributed by atoms with van der Waals surface area (Å²) >= 11 is 0. The average Bonchev–Trinajstić information content (AvgIpc) is 3.15. The largest absolute Gasteiger partial charge is 0.375 e. The maximum atomic E-state index is 12.6. The predicted octanol–water partition coefficient (Wildman–Crippen LogP) is 2.01. The Balaban J connectivity index is 1.74. The first-order valence-electron chi connectivity index (χ1n) is 7.90. The zero-order valence-corrected chi connectivity index (χ0v) is 12.9. The summed E-state index contributed by atoms with van der Waals surface area (Å²) in [5.41, 5.74) is 1.10. The van der Waals surface area contributed by atoms with Gasteiger partial charge in [-0.1, -0.05) is 0 Å². The molecule has 21 heavy (non-hydrogen) atoms. The van der Waals surface area contributed by atoms with Gasteiger partial charge in [-0.3, -0.25) is 0 Å². The molecule has 6 nitrogen and oxygen atoms in total. The van der Waals surface area contributed by atoms with E-state index in [1.165, 1.54) is 0 Å². The predicted molar refractivity (Wildman–Crippen MR) is 78.9 cm³/mol. The first-order chi connectivity index (χ1) is 10.2. The molecule has 0 aromatic carbocycles. The quantitative estimate of drug-likeness (QED) is 0.856. The molecule has 3 rings (SSSR count). The van der Waals surface area contributed by atoms with Crippen molar-refractivity contribution in [2.24, 2.45) is 0 Å². The Hall–Kier alpha value is -1.56. The van der Waals surface area contributed by atoms with Gasteiger partial charge in [0.05, 0.1) is 24.5 Å². The smallest absolute Gasteiger partial charge is 0.320 e. The lowest BCUT2D eigenvalue weighted by Crippen LogP contribution is -2.47. The van der Waals surface area contributed by atoms with Crippen LogP contribution in [0.1, 0.15) is 44.2 Å². The van der Waals surface area contributed by atoms with Gasteiger partial charge in [0, 0.05) is 32.8 Å². The van der Waals surface area contributed by atoms with Gasteiger partial charge >= 0.3 is 6.03 Å². The summed E-state index contributed by atoms with van der Waals surface area (Å²) in [5.74, 6) is 0.975. The highest BCUT2D eigenvalue weighted by atomic mass is 16.5. The van der Waals surface area contributed by atoms with Gasteiger partial charge in [0.2, 0.25) is 0 Å². The van der Waals surface area contributed by atoms with E-state index in [2.05, 4.69) is 16.5 Å². The first-order valence-corrected chi connectivity index (χ1v) is 7.90. The van der Waals surface area contributed by atoms with Crippen molar-refractivity contribution in [2.75, 3.05) is 26.2 Å². The van der Waals surface area contributed by atoms with E-state index in [1.807, 2.05) is 22.9 Å². The number of ether oxygens (including phenoxy) is 1. The number of likely N-dealkylation sites (tertiary alicyclic amines) is 1. The molecule has 2 aliphatic heterocycles. The van der Waals surface area contributed by atoms with E-state index in [0.29, 0.717) is 13.2 Å². The van der Waals surface area contributed by atoms with Crippen LogP contribution in [0.4, 0.5) is 4.79 Å². The highest BCUT2D eigenvalue weighted by molar-refractivity contribution is 5.75. The van der Waals surface area contributed by atoms with E-state index >= 15 is 0 Å². The maximum absolute atomic E-state index is 12.6. The molecular weight excluding hydrogens is 268 g/mol. The normalized spacial score (nSPS) is 21.7. The third-order valence-electron chi connectivity index (χ3n) is 4.45. The van der Waals surface area contributed by atoms with Gasteiger partial charge in [-0.25, -0.2) is 9.78 Å². The van der Waals surface area contributed by atoms with Crippen molar-refractivity contribution in [1.29, 1.82) is 0 Å². The van der Waals surface area contributed by atoms with Gasteiger partial charge in [-0.2, -0.15) is 0 Å². The summed E-state index contributed by atoms with van der Waals surface area (Å²) in [6.45, 7) is 8.70. The van der Waals surface area contributed by atoms with Crippen LogP contribution in [-0.2, 0) is 17.9 Å². The Morgan fingerprint density at radius 1 is 1.33 bits per heavy atom. The molecular formula is C15H24N4O2. The van der Waals surface area contributed by atoms with Crippen molar-refractivity contribution >= 4 is 6.03 Å². The Bertz CT molecular complexity index is 508. The summed E-state index contributed by atoms with van der Waals surface area (Å²) in [4.78, 5) is 21.0. The Kier molecular flexibility index (Phi) is 4.14. The number of carbonyl (C=O) groups is 1. The fourth-order valence-corrected chi connectivity index (χ4v) is 3.23. The van der Waals surface area contributed by atoms with Crippen LogP contribution in [-0.4, -0.2) is 51.6 Å². The molecule has 3 heterocycles. The van der Waals surface area contributed by atoms with Gasteiger partial charge in [0.1, 0.15) is 5.82 Å². The number of nitrogens with zero attached hydrogens (tertiary/aromatic N) is 4. The molecule has 1 atom stereocenters. The second kappa shape index (κ2) is 6.05. The van der Waals surface area contributed by atoms with Crippen LogP contribution < -0.4 is 0 Å². The summed E-state index contributed by atoms with van der Waals surface area (Å²) in [6, 6.07) is 0.197. The third-order valence-corrected chi connectivity index (χ3v) is 4.45. The number of hydrogen-bond acceptors (Lipinski definition) is 3. The van der Waals surface area contributed by atoms with Crippen LogP contribution in [0.25, 0.3) is 0 Å². The summed E-state index contributed by atoms with van der Waals surface area (Å²) in [7, 11) is 0. The van der Waals surface area contributed by atoms with Gasteiger partial charge in [0.15, 0.2) is 0 Å². The number of carbonyl (C=O) groups excluding carboxylic acids is 1.